The lowest BCUT2D eigenvalue weighted by Gasteiger charge is -2.20. The highest BCUT2D eigenvalue weighted by Gasteiger charge is 2.09. The Balaban J connectivity index is 2.52. The zero-order chi connectivity index (χ0) is 15.2. The van der Waals surface area contributed by atoms with E-state index in [0.717, 1.165) is 19.4 Å². The van der Waals surface area contributed by atoms with Gasteiger partial charge in [0.2, 0.25) is 0 Å². The van der Waals surface area contributed by atoms with Gasteiger partial charge in [0, 0.05) is 18.8 Å². The van der Waals surface area contributed by atoms with Crippen LogP contribution in [0.25, 0.3) is 0 Å². The van der Waals surface area contributed by atoms with Crippen molar-refractivity contribution in [1.29, 1.82) is 0 Å². The number of hydrogen-bond acceptors (Lipinski definition) is 4. The molecule has 0 bridgehead atoms. The van der Waals surface area contributed by atoms with Crippen LogP contribution in [0.5, 0.6) is 5.75 Å². The number of hydrogen-bond donors (Lipinski definition) is 1. The second kappa shape index (κ2) is 7.64. The predicted octanol–water partition coefficient (Wildman–Crippen LogP) is 2.64. The van der Waals surface area contributed by atoms with Crippen LogP contribution >= 0.6 is 0 Å². The summed E-state index contributed by atoms with van der Waals surface area (Å²) in [6.45, 7) is 7.10. The molecular weight excluding hydrogens is 274 g/mol. The summed E-state index contributed by atoms with van der Waals surface area (Å²) >= 11 is 0. The van der Waals surface area contributed by atoms with Crippen molar-refractivity contribution >= 4 is 9.84 Å². The summed E-state index contributed by atoms with van der Waals surface area (Å²) in [6.07, 6.45) is 3.45. The van der Waals surface area contributed by atoms with Gasteiger partial charge in [-0.25, -0.2) is 8.42 Å². The zero-order valence-corrected chi connectivity index (χ0v) is 13.5. The van der Waals surface area contributed by atoms with E-state index in [2.05, 4.69) is 19.2 Å². The van der Waals surface area contributed by atoms with Gasteiger partial charge in [0.1, 0.15) is 11.9 Å². The molecule has 0 spiro atoms. The van der Waals surface area contributed by atoms with Gasteiger partial charge in [0.15, 0.2) is 9.84 Å². The lowest BCUT2D eigenvalue weighted by Crippen LogP contribution is -2.36. The third-order valence-corrected chi connectivity index (χ3v) is 4.40. The lowest BCUT2D eigenvalue weighted by atomic mass is 10.1. The highest BCUT2D eigenvalue weighted by atomic mass is 32.2. The fraction of sp³-hybridized carbons (Fsp3) is 0.600. The molecule has 0 aromatic heterocycles. The molecule has 1 N–H and O–H groups in total. The average molecular weight is 299 g/mol. The van der Waals surface area contributed by atoms with Crippen molar-refractivity contribution in [3.8, 4) is 5.75 Å². The van der Waals surface area contributed by atoms with E-state index in [1.807, 2.05) is 6.92 Å². The van der Waals surface area contributed by atoms with Crippen molar-refractivity contribution < 1.29 is 13.2 Å². The summed E-state index contributed by atoms with van der Waals surface area (Å²) in [6, 6.07) is 7.07. The first-order valence-electron chi connectivity index (χ1n) is 7.07. The van der Waals surface area contributed by atoms with Gasteiger partial charge < -0.3 is 10.1 Å². The summed E-state index contributed by atoms with van der Waals surface area (Å²) in [5.41, 5.74) is 0. The first kappa shape index (κ1) is 17.0. The van der Waals surface area contributed by atoms with E-state index < -0.39 is 9.84 Å². The van der Waals surface area contributed by atoms with Crippen molar-refractivity contribution in [2.75, 3.05) is 12.8 Å². The van der Waals surface area contributed by atoms with Gasteiger partial charge in [-0.05, 0) is 44.0 Å². The molecule has 0 amide bonds. The van der Waals surface area contributed by atoms with Gasteiger partial charge in [0.05, 0.1) is 4.90 Å². The SMILES string of the molecule is CCC(CC)NCC(C)Oc1ccc(S(C)(=O)=O)cc1. The normalized spacial score (nSPS) is 13.4. The number of rotatable bonds is 8. The van der Waals surface area contributed by atoms with Gasteiger partial charge in [0.25, 0.3) is 0 Å². The molecule has 20 heavy (non-hydrogen) atoms. The molecule has 0 radical (unpaired) electrons. The molecule has 0 fully saturated rings. The van der Waals surface area contributed by atoms with Crippen LogP contribution < -0.4 is 10.1 Å². The minimum Gasteiger partial charge on any atom is -0.489 e. The van der Waals surface area contributed by atoms with Crippen LogP contribution in [-0.4, -0.2) is 33.4 Å². The minimum absolute atomic E-state index is 0.0414. The summed E-state index contributed by atoms with van der Waals surface area (Å²) in [5, 5.41) is 3.45. The highest BCUT2D eigenvalue weighted by Crippen LogP contribution is 2.16. The van der Waals surface area contributed by atoms with Gasteiger partial charge in [-0.2, -0.15) is 0 Å². The molecule has 0 aliphatic rings. The van der Waals surface area contributed by atoms with Gasteiger partial charge in [-0.3, -0.25) is 0 Å². The molecule has 1 aromatic rings. The van der Waals surface area contributed by atoms with E-state index in [-0.39, 0.29) is 6.10 Å². The molecule has 5 heteroatoms. The molecule has 0 aliphatic carbocycles. The van der Waals surface area contributed by atoms with Crippen LogP contribution in [0.4, 0.5) is 0 Å². The van der Waals surface area contributed by atoms with Crippen LogP contribution in [0.3, 0.4) is 0 Å². The fourth-order valence-electron chi connectivity index (χ4n) is 1.95. The van der Waals surface area contributed by atoms with E-state index in [4.69, 9.17) is 4.74 Å². The molecular formula is C15H25NO3S. The third-order valence-electron chi connectivity index (χ3n) is 3.27. The number of sulfone groups is 1. The summed E-state index contributed by atoms with van der Waals surface area (Å²) in [7, 11) is -3.14. The largest absolute Gasteiger partial charge is 0.489 e. The molecule has 0 aliphatic heterocycles. The maximum atomic E-state index is 11.4. The summed E-state index contributed by atoms with van der Waals surface area (Å²) < 4.78 is 28.5. The Bertz CT molecular complexity index is 492. The molecule has 1 unspecified atom stereocenters. The molecule has 1 rings (SSSR count). The second-order valence-corrected chi connectivity index (χ2v) is 7.11. The zero-order valence-electron chi connectivity index (χ0n) is 12.7. The summed E-state index contributed by atoms with van der Waals surface area (Å²) in [5.74, 6) is 0.691. The maximum Gasteiger partial charge on any atom is 0.175 e. The first-order chi connectivity index (χ1) is 9.36. The summed E-state index contributed by atoms with van der Waals surface area (Å²) in [4.78, 5) is 0.313. The van der Waals surface area contributed by atoms with Crippen LogP contribution in [0.2, 0.25) is 0 Å². The Kier molecular flexibility index (Phi) is 6.49. The molecule has 1 atom stereocenters. The Hall–Kier alpha value is -1.07. The highest BCUT2D eigenvalue weighted by molar-refractivity contribution is 7.90. The average Bonchev–Trinajstić information content (AvgIpc) is 2.39. The minimum atomic E-state index is -3.14. The van der Waals surface area contributed by atoms with Gasteiger partial charge in [-0.1, -0.05) is 13.8 Å². The molecule has 0 saturated carbocycles. The topological polar surface area (TPSA) is 55.4 Å². The smallest absolute Gasteiger partial charge is 0.175 e. The predicted molar refractivity (Wildman–Crippen MR) is 82.0 cm³/mol. The molecule has 114 valence electrons. The lowest BCUT2D eigenvalue weighted by molar-refractivity contribution is 0.210. The fourth-order valence-corrected chi connectivity index (χ4v) is 2.58. The first-order valence-corrected chi connectivity index (χ1v) is 8.96. The maximum absolute atomic E-state index is 11.4. The van der Waals surface area contributed by atoms with Crippen molar-refractivity contribution in [1.82, 2.24) is 5.32 Å². The molecule has 0 heterocycles. The Morgan fingerprint density at radius 3 is 2.15 bits per heavy atom. The molecule has 1 aromatic carbocycles. The molecule has 0 saturated heterocycles. The van der Waals surface area contributed by atoms with Crippen LogP contribution in [-0.2, 0) is 9.84 Å². The number of nitrogens with one attached hydrogen (secondary N) is 1. The third kappa shape index (κ3) is 5.51. The van der Waals surface area contributed by atoms with Gasteiger partial charge >= 0.3 is 0 Å². The van der Waals surface area contributed by atoms with E-state index >= 15 is 0 Å². The van der Waals surface area contributed by atoms with Crippen molar-refractivity contribution in [2.24, 2.45) is 0 Å². The van der Waals surface area contributed by atoms with E-state index in [9.17, 15) is 8.42 Å². The van der Waals surface area contributed by atoms with Crippen LogP contribution in [0, 0.1) is 0 Å². The van der Waals surface area contributed by atoms with E-state index in [0.29, 0.717) is 16.7 Å². The Morgan fingerprint density at radius 2 is 1.70 bits per heavy atom. The van der Waals surface area contributed by atoms with Crippen molar-refractivity contribution in [2.45, 2.75) is 50.7 Å². The second-order valence-electron chi connectivity index (χ2n) is 5.09. The monoisotopic (exact) mass is 299 g/mol. The van der Waals surface area contributed by atoms with Gasteiger partial charge in [-0.15, -0.1) is 0 Å². The van der Waals surface area contributed by atoms with Crippen LogP contribution in [0.1, 0.15) is 33.6 Å². The Labute approximate surface area is 122 Å². The number of ether oxygens (including phenoxy) is 1. The standard InChI is InChI=1S/C15H25NO3S/c1-5-13(6-2)16-11-12(3)19-14-7-9-15(10-8-14)20(4,17)18/h7-10,12-13,16H,5-6,11H2,1-4H3. The molecule has 4 nitrogen and oxygen atoms in total. The van der Waals surface area contributed by atoms with E-state index in [1.54, 1.807) is 24.3 Å². The number of benzene rings is 1. The quantitative estimate of drug-likeness (QED) is 0.802. The van der Waals surface area contributed by atoms with Crippen molar-refractivity contribution in [3.63, 3.8) is 0 Å². The van der Waals surface area contributed by atoms with Crippen molar-refractivity contribution in [3.05, 3.63) is 24.3 Å². The Morgan fingerprint density at radius 1 is 1.15 bits per heavy atom. The van der Waals surface area contributed by atoms with E-state index in [1.165, 1.54) is 6.26 Å². The van der Waals surface area contributed by atoms with Crippen LogP contribution in [0.15, 0.2) is 29.2 Å².